The van der Waals surface area contributed by atoms with Crippen LogP contribution in [0.1, 0.15) is 17.0 Å². The van der Waals surface area contributed by atoms with Crippen molar-refractivity contribution in [3.8, 4) is 11.3 Å². The number of hydrogen-bond acceptors (Lipinski definition) is 4. The van der Waals surface area contributed by atoms with Crippen LogP contribution in [0.15, 0.2) is 85.1 Å². The van der Waals surface area contributed by atoms with Crippen LogP contribution in [0.4, 0.5) is 0 Å². The van der Waals surface area contributed by atoms with Crippen molar-refractivity contribution in [1.82, 2.24) is 25.3 Å². The van der Waals surface area contributed by atoms with Crippen LogP contribution in [-0.4, -0.2) is 20.0 Å². The molecule has 0 amide bonds. The molecule has 4 rings (SSSR count). The Bertz CT molecular complexity index is 966. The van der Waals surface area contributed by atoms with Gasteiger partial charge in [0, 0.05) is 24.8 Å². The van der Waals surface area contributed by atoms with Crippen LogP contribution in [0.25, 0.3) is 11.3 Å². The first-order chi connectivity index (χ1) is 13.4. The molecule has 4 aromatic rings. The van der Waals surface area contributed by atoms with Gasteiger partial charge in [-0.25, -0.2) is 0 Å². The Balaban J connectivity index is 1.54. The summed E-state index contributed by atoms with van der Waals surface area (Å²) in [5, 5.41) is 12.9. The van der Waals surface area contributed by atoms with Crippen molar-refractivity contribution in [2.75, 3.05) is 0 Å². The van der Waals surface area contributed by atoms with Gasteiger partial charge >= 0.3 is 0 Å². The van der Waals surface area contributed by atoms with Crippen molar-refractivity contribution in [1.29, 1.82) is 0 Å². The molecule has 0 bridgehead atoms. The third kappa shape index (κ3) is 4.46. The maximum Gasteiger partial charge on any atom is 0.117 e. The average Bonchev–Trinajstić information content (AvgIpc) is 3.13. The van der Waals surface area contributed by atoms with Gasteiger partial charge in [-0.05, 0) is 17.7 Å². The summed E-state index contributed by atoms with van der Waals surface area (Å²) in [5.74, 6) is 0. The van der Waals surface area contributed by atoms with Gasteiger partial charge in [-0.15, -0.1) is 0 Å². The highest BCUT2D eigenvalue weighted by Gasteiger charge is 2.13. The predicted octanol–water partition coefficient (Wildman–Crippen LogP) is 3.68. The molecule has 5 heteroatoms. The Morgan fingerprint density at radius 1 is 0.741 bits per heavy atom. The Morgan fingerprint density at radius 3 is 2.22 bits per heavy atom. The minimum Gasteiger partial charge on any atom is -0.305 e. The van der Waals surface area contributed by atoms with E-state index >= 15 is 0 Å². The van der Waals surface area contributed by atoms with Crippen molar-refractivity contribution in [3.05, 3.63) is 102 Å². The summed E-state index contributed by atoms with van der Waals surface area (Å²) < 4.78 is 0. The van der Waals surface area contributed by atoms with E-state index in [1.54, 1.807) is 4.80 Å². The van der Waals surface area contributed by atoms with Crippen LogP contribution in [0.3, 0.4) is 0 Å². The lowest BCUT2D eigenvalue weighted by molar-refractivity contribution is 0.575. The lowest BCUT2D eigenvalue weighted by Gasteiger charge is -2.03. The highest BCUT2D eigenvalue weighted by atomic mass is 15.5. The summed E-state index contributed by atoms with van der Waals surface area (Å²) in [6.07, 6.45) is 1.81. The molecule has 0 aliphatic rings. The summed E-state index contributed by atoms with van der Waals surface area (Å²) in [5.41, 5.74) is 5.12. The van der Waals surface area contributed by atoms with E-state index in [1.807, 2.05) is 60.8 Å². The number of nitrogens with zero attached hydrogens (tertiary/aromatic N) is 4. The van der Waals surface area contributed by atoms with Crippen molar-refractivity contribution in [2.24, 2.45) is 0 Å². The van der Waals surface area contributed by atoms with Crippen molar-refractivity contribution in [2.45, 2.75) is 19.6 Å². The number of hydrogen-bond donors (Lipinski definition) is 1. The molecule has 0 spiro atoms. The summed E-state index contributed by atoms with van der Waals surface area (Å²) in [6.45, 7) is 1.98. The van der Waals surface area contributed by atoms with E-state index in [2.05, 4.69) is 34.6 Å². The van der Waals surface area contributed by atoms with Crippen LogP contribution >= 0.6 is 0 Å². The van der Waals surface area contributed by atoms with Gasteiger partial charge in [0.25, 0.3) is 0 Å². The molecule has 0 radical (unpaired) electrons. The van der Waals surface area contributed by atoms with Gasteiger partial charge in [-0.3, -0.25) is 4.98 Å². The highest BCUT2D eigenvalue weighted by Crippen LogP contribution is 2.20. The maximum atomic E-state index is 4.75. The monoisotopic (exact) mass is 355 g/mol. The fraction of sp³-hybridized carbons (Fsp3) is 0.136. The molecule has 0 fully saturated rings. The van der Waals surface area contributed by atoms with Gasteiger partial charge in [0.2, 0.25) is 0 Å². The maximum absolute atomic E-state index is 4.75. The number of benzene rings is 2. The summed E-state index contributed by atoms with van der Waals surface area (Å²) in [7, 11) is 0. The van der Waals surface area contributed by atoms with Crippen LogP contribution in [0.5, 0.6) is 0 Å². The SMILES string of the molecule is c1ccc(Cn2nc(CNCc3ccccn3)c(-c3ccccc3)n2)cc1. The highest BCUT2D eigenvalue weighted by molar-refractivity contribution is 5.60. The molecule has 2 heterocycles. The van der Waals surface area contributed by atoms with Crippen LogP contribution in [0, 0.1) is 0 Å². The molecule has 2 aromatic carbocycles. The second kappa shape index (κ2) is 8.38. The van der Waals surface area contributed by atoms with E-state index in [4.69, 9.17) is 10.2 Å². The minimum absolute atomic E-state index is 0.635. The van der Waals surface area contributed by atoms with E-state index in [-0.39, 0.29) is 0 Å². The summed E-state index contributed by atoms with van der Waals surface area (Å²) in [4.78, 5) is 6.12. The van der Waals surface area contributed by atoms with Crippen LogP contribution < -0.4 is 5.32 Å². The molecule has 0 aliphatic carbocycles. The average molecular weight is 355 g/mol. The predicted molar refractivity (Wildman–Crippen MR) is 106 cm³/mol. The van der Waals surface area contributed by atoms with Gasteiger partial charge in [0.05, 0.1) is 12.2 Å². The zero-order valence-corrected chi connectivity index (χ0v) is 15.0. The quantitative estimate of drug-likeness (QED) is 0.549. The zero-order chi connectivity index (χ0) is 18.3. The molecule has 2 aromatic heterocycles. The first-order valence-corrected chi connectivity index (χ1v) is 9.02. The number of pyridine rings is 1. The largest absolute Gasteiger partial charge is 0.305 e. The Labute approximate surface area is 158 Å². The van der Waals surface area contributed by atoms with Gasteiger partial charge in [-0.2, -0.15) is 15.0 Å². The lowest BCUT2D eigenvalue weighted by Crippen LogP contribution is -2.15. The van der Waals surface area contributed by atoms with E-state index < -0.39 is 0 Å². The van der Waals surface area contributed by atoms with Crippen molar-refractivity contribution in [3.63, 3.8) is 0 Å². The Kier molecular flexibility index (Phi) is 5.31. The van der Waals surface area contributed by atoms with Crippen molar-refractivity contribution < 1.29 is 0 Å². The molecule has 0 unspecified atom stereocenters. The Morgan fingerprint density at radius 2 is 1.48 bits per heavy atom. The second-order valence-electron chi connectivity index (χ2n) is 6.30. The van der Waals surface area contributed by atoms with Gasteiger partial charge in [0.1, 0.15) is 11.4 Å². The zero-order valence-electron chi connectivity index (χ0n) is 15.0. The number of rotatable bonds is 7. The molecule has 5 nitrogen and oxygen atoms in total. The molecule has 27 heavy (non-hydrogen) atoms. The number of aromatic nitrogens is 4. The van der Waals surface area contributed by atoms with Gasteiger partial charge in [-0.1, -0.05) is 66.7 Å². The molecule has 0 saturated carbocycles. The lowest BCUT2D eigenvalue weighted by atomic mass is 10.1. The third-order valence-electron chi connectivity index (χ3n) is 4.26. The minimum atomic E-state index is 0.635. The Hall–Kier alpha value is -3.31. The topological polar surface area (TPSA) is 55.6 Å². The first-order valence-electron chi connectivity index (χ1n) is 9.02. The molecule has 0 atom stereocenters. The van der Waals surface area contributed by atoms with E-state index in [0.717, 1.165) is 22.6 Å². The van der Waals surface area contributed by atoms with Crippen LogP contribution in [0.2, 0.25) is 0 Å². The molecule has 0 saturated heterocycles. The van der Waals surface area contributed by atoms with Gasteiger partial charge < -0.3 is 5.32 Å². The van der Waals surface area contributed by atoms with E-state index in [0.29, 0.717) is 19.6 Å². The van der Waals surface area contributed by atoms with E-state index in [9.17, 15) is 0 Å². The fourth-order valence-corrected chi connectivity index (χ4v) is 2.95. The fourth-order valence-electron chi connectivity index (χ4n) is 2.95. The first kappa shape index (κ1) is 17.1. The molecular formula is C22H21N5. The summed E-state index contributed by atoms with van der Waals surface area (Å²) in [6, 6.07) is 26.4. The second-order valence-corrected chi connectivity index (χ2v) is 6.30. The third-order valence-corrected chi connectivity index (χ3v) is 4.26. The smallest absolute Gasteiger partial charge is 0.117 e. The summed E-state index contributed by atoms with van der Waals surface area (Å²) >= 11 is 0. The standard InChI is InChI=1S/C22H21N5/c1-3-9-18(10-4-1)17-27-25-21(16-23-15-20-13-7-8-14-24-20)22(26-27)19-11-5-2-6-12-19/h1-14,23H,15-17H2. The molecule has 134 valence electrons. The molecule has 0 aliphatic heterocycles. The normalized spacial score (nSPS) is 10.8. The van der Waals surface area contributed by atoms with Crippen LogP contribution in [-0.2, 0) is 19.6 Å². The number of nitrogens with one attached hydrogen (secondary N) is 1. The molecule has 1 N–H and O–H groups in total. The van der Waals surface area contributed by atoms with Crippen molar-refractivity contribution >= 4 is 0 Å². The molecular weight excluding hydrogens is 334 g/mol. The van der Waals surface area contributed by atoms with Gasteiger partial charge in [0.15, 0.2) is 0 Å². The van der Waals surface area contributed by atoms with E-state index in [1.165, 1.54) is 5.56 Å².